The van der Waals surface area contributed by atoms with Gasteiger partial charge in [-0.25, -0.2) is 8.78 Å². The van der Waals surface area contributed by atoms with Crippen LogP contribution in [0.2, 0.25) is 5.02 Å². The van der Waals surface area contributed by atoms with E-state index in [9.17, 15) is 13.6 Å². The lowest BCUT2D eigenvalue weighted by Gasteiger charge is -2.16. The molecule has 0 spiro atoms. The fraction of sp³-hybridized carbons (Fsp3) is 0.364. The first-order valence-corrected chi connectivity index (χ1v) is 5.32. The molecule has 0 aromatic heterocycles. The Balaban J connectivity index is 3.26. The fourth-order valence-corrected chi connectivity index (χ4v) is 1.72. The molecule has 3 nitrogen and oxygen atoms in total. The van der Waals surface area contributed by atoms with Crippen LogP contribution >= 0.6 is 11.6 Å². The van der Waals surface area contributed by atoms with Crippen molar-refractivity contribution < 1.29 is 18.3 Å². The zero-order valence-electron chi connectivity index (χ0n) is 9.17. The molecule has 1 atom stereocenters. The fourth-order valence-electron chi connectivity index (χ4n) is 1.55. The third-order valence-electron chi connectivity index (χ3n) is 2.37. The maximum Gasteiger partial charge on any atom is 0.313 e. The van der Waals surface area contributed by atoms with Crippen LogP contribution in [0.3, 0.4) is 0 Å². The molecule has 0 heterocycles. The van der Waals surface area contributed by atoms with Crippen LogP contribution < -0.4 is 5.73 Å². The molecule has 0 bridgehead atoms. The molecular weight excluding hydrogens is 252 g/mol. The molecule has 17 heavy (non-hydrogen) atoms. The lowest BCUT2D eigenvalue weighted by molar-refractivity contribution is -0.142. The van der Waals surface area contributed by atoms with Gasteiger partial charge in [0.2, 0.25) is 0 Å². The Morgan fingerprint density at radius 1 is 1.53 bits per heavy atom. The highest BCUT2D eigenvalue weighted by Gasteiger charge is 2.28. The van der Waals surface area contributed by atoms with Crippen LogP contribution in [0.4, 0.5) is 8.78 Å². The van der Waals surface area contributed by atoms with Crippen LogP contribution in [0.15, 0.2) is 12.1 Å². The van der Waals surface area contributed by atoms with Gasteiger partial charge < -0.3 is 10.5 Å². The van der Waals surface area contributed by atoms with Gasteiger partial charge in [-0.3, -0.25) is 4.79 Å². The van der Waals surface area contributed by atoms with Crippen molar-refractivity contribution in [2.45, 2.75) is 12.3 Å². The average molecular weight is 264 g/mol. The molecule has 6 heteroatoms. The van der Waals surface area contributed by atoms with E-state index in [1.165, 1.54) is 0 Å². The van der Waals surface area contributed by atoms with Gasteiger partial charge in [0, 0.05) is 5.56 Å². The normalized spacial score (nSPS) is 12.3. The molecule has 1 aromatic rings. The number of methoxy groups -OCH3 is 1. The Kier molecular flexibility index (Phi) is 4.84. The number of carbonyl (C=O) groups is 1. The van der Waals surface area contributed by atoms with E-state index in [0.29, 0.717) is 0 Å². The van der Waals surface area contributed by atoms with Crippen LogP contribution in [-0.4, -0.2) is 19.6 Å². The first-order chi connectivity index (χ1) is 8.02. The van der Waals surface area contributed by atoms with Crippen molar-refractivity contribution in [1.82, 2.24) is 0 Å². The summed E-state index contributed by atoms with van der Waals surface area (Å²) in [5.74, 6) is -3.61. The van der Waals surface area contributed by atoms with E-state index >= 15 is 0 Å². The van der Waals surface area contributed by atoms with Gasteiger partial charge in [0.1, 0.15) is 11.6 Å². The highest BCUT2D eigenvalue weighted by molar-refractivity contribution is 6.30. The third-order valence-corrected chi connectivity index (χ3v) is 2.66. The second kappa shape index (κ2) is 5.93. The summed E-state index contributed by atoms with van der Waals surface area (Å²) in [5.41, 5.74) is 4.92. The van der Waals surface area contributed by atoms with Gasteiger partial charge in [-0.2, -0.15) is 0 Å². The number of hydrogen-bond donors (Lipinski definition) is 1. The van der Waals surface area contributed by atoms with Gasteiger partial charge in [-0.15, -0.1) is 0 Å². The second-order valence-electron chi connectivity index (χ2n) is 3.41. The predicted octanol–water partition coefficient (Wildman–Crippen LogP) is 2.22. The summed E-state index contributed by atoms with van der Waals surface area (Å²) in [5, 5.41) is -0.243. The molecule has 1 aromatic carbocycles. The zero-order chi connectivity index (χ0) is 13.0. The first kappa shape index (κ1) is 13.9. The average Bonchev–Trinajstić information content (AvgIpc) is 2.32. The lowest BCUT2D eigenvalue weighted by Crippen LogP contribution is -2.20. The Bertz CT molecular complexity index is 426. The van der Waals surface area contributed by atoms with E-state index in [2.05, 4.69) is 4.74 Å². The van der Waals surface area contributed by atoms with E-state index in [0.717, 1.165) is 19.2 Å². The standard InChI is InChI=1S/C11H12ClF2NO2/c1-17-11(16)6(4-5-15)9-8(13)3-2-7(12)10(9)14/h2-3,6H,4-5,15H2,1H3. The highest BCUT2D eigenvalue weighted by Crippen LogP contribution is 2.30. The predicted molar refractivity (Wildman–Crippen MR) is 59.8 cm³/mol. The molecule has 0 amide bonds. The van der Waals surface area contributed by atoms with Crippen molar-refractivity contribution in [3.63, 3.8) is 0 Å². The molecule has 0 saturated carbocycles. The number of hydrogen-bond acceptors (Lipinski definition) is 3. The Morgan fingerprint density at radius 2 is 2.18 bits per heavy atom. The van der Waals surface area contributed by atoms with Gasteiger partial charge in [0.05, 0.1) is 18.1 Å². The molecule has 0 fully saturated rings. The maximum absolute atomic E-state index is 13.7. The first-order valence-electron chi connectivity index (χ1n) is 4.94. The topological polar surface area (TPSA) is 52.3 Å². The summed E-state index contributed by atoms with van der Waals surface area (Å²) in [6.45, 7) is 0.102. The summed E-state index contributed by atoms with van der Waals surface area (Å²) in [6, 6.07) is 2.10. The van der Waals surface area contributed by atoms with Crippen LogP contribution in [-0.2, 0) is 9.53 Å². The van der Waals surface area contributed by atoms with Crippen molar-refractivity contribution in [3.8, 4) is 0 Å². The maximum atomic E-state index is 13.7. The smallest absolute Gasteiger partial charge is 0.313 e. The molecule has 0 aliphatic rings. The Hall–Kier alpha value is -1.20. The molecule has 2 N–H and O–H groups in total. The van der Waals surface area contributed by atoms with Gasteiger partial charge in [0.15, 0.2) is 0 Å². The number of esters is 1. The van der Waals surface area contributed by atoms with Crippen molar-refractivity contribution in [2.24, 2.45) is 5.73 Å². The molecule has 0 aliphatic carbocycles. The van der Waals surface area contributed by atoms with Gasteiger partial charge in [0.25, 0.3) is 0 Å². The Morgan fingerprint density at radius 3 is 2.71 bits per heavy atom. The summed E-state index contributed by atoms with van der Waals surface area (Å²) in [7, 11) is 1.15. The number of benzene rings is 1. The van der Waals surface area contributed by atoms with E-state index in [-0.39, 0.29) is 18.0 Å². The van der Waals surface area contributed by atoms with Crippen LogP contribution in [0, 0.1) is 11.6 Å². The molecule has 1 rings (SSSR count). The van der Waals surface area contributed by atoms with E-state index in [4.69, 9.17) is 17.3 Å². The monoisotopic (exact) mass is 263 g/mol. The molecular formula is C11H12ClF2NO2. The molecule has 94 valence electrons. The van der Waals surface area contributed by atoms with Crippen molar-refractivity contribution in [1.29, 1.82) is 0 Å². The molecule has 1 unspecified atom stereocenters. The van der Waals surface area contributed by atoms with Gasteiger partial charge in [-0.1, -0.05) is 11.6 Å². The minimum Gasteiger partial charge on any atom is -0.469 e. The van der Waals surface area contributed by atoms with Crippen LogP contribution in [0.5, 0.6) is 0 Å². The number of halogens is 3. The summed E-state index contributed by atoms with van der Waals surface area (Å²) in [6.07, 6.45) is 0.0842. The molecule has 0 aliphatic heterocycles. The van der Waals surface area contributed by atoms with Gasteiger partial charge >= 0.3 is 5.97 Å². The summed E-state index contributed by atoms with van der Waals surface area (Å²) >= 11 is 5.55. The SMILES string of the molecule is COC(=O)C(CCN)c1c(F)ccc(Cl)c1F. The minimum atomic E-state index is -1.08. The van der Waals surface area contributed by atoms with Crippen molar-refractivity contribution >= 4 is 17.6 Å². The largest absolute Gasteiger partial charge is 0.469 e. The van der Waals surface area contributed by atoms with E-state index in [1.54, 1.807) is 0 Å². The number of carbonyl (C=O) groups excluding carboxylic acids is 1. The zero-order valence-corrected chi connectivity index (χ0v) is 9.93. The highest BCUT2D eigenvalue weighted by atomic mass is 35.5. The third kappa shape index (κ3) is 2.92. The van der Waals surface area contributed by atoms with Crippen LogP contribution in [0.25, 0.3) is 0 Å². The summed E-state index contributed by atoms with van der Waals surface area (Å²) < 4.78 is 31.8. The van der Waals surface area contributed by atoms with E-state index < -0.39 is 29.1 Å². The van der Waals surface area contributed by atoms with Crippen molar-refractivity contribution in [2.75, 3.05) is 13.7 Å². The van der Waals surface area contributed by atoms with Crippen molar-refractivity contribution in [3.05, 3.63) is 34.4 Å². The molecule has 0 saturated heterocycles. The lowest BCUT2D eigenvalue weighted by atomic mass is 9.94. The minimum absolute atomic E-state index is 0.0842. The second-order valence-corrected chi connectivity index (χ2v) is 3.82. The van der Waals surface area contributed by atoms with E-state index in [1.807, 2.05) is 0 Å². The van der Waals surface area contributed by atoms with Gasteiger partial charge in [-0.05, 0) is 25.1 Å². The number of rotatable bonds is 4. The quantitative estimate of drug-likeness (QED) is 0.669. The number of ether oxygens (including phenoxy) is 1. The Labute approximate surface area is 103 Å². The number of nitrogens with two attached hydrogens (primary N) is 1. The molecule has 0 radical (unpaired) electrons. The summed E-state index contributed by atoms with van der Waals surface area (Å²) in [4.78, 5) is 11.5. The van der Waals surface area contributed by atoms with Crippen LogP contribution in [0.1, 0.15) is 17.9 Å².